The molecule has 1 aliphatic heterocycles. The van der Waals surface area contributed by atoms with Crippen LogP contribution in [0.1, 0.15) is 40.7 Å². The first-order valence-corrected chi connectivity index (χ1v) is 9.56. The second kappa shape index (κ2) is 9.17. The van der Waals surface area contributed by atoms with Crippen molar-refractivity contribution in [3.63, 3.8) is 0 Å². The highest BCUT2D eigenvalue weighted by molar-refractivity contribution is 5.93. The molecule has 3 rings (SSSR count). The molecule has 1 saturated heterocycles. The number of hydroxylamine groups is 1. The van der Waals surface area contributed by atoms with Crippen molar-refractivity contribution in [3.8, 4) is 0 Å². The standard InChI is InChI=1S/C21H22F3N3O3/c22-21(23,24)16-4-3-5-17(13-16)25-20(29)27-11-2-1-6-18(27)12-14-7-9-15(10-8-14)19(28)26-30/h3-5,7-10,13,18,30H,1-2,6,11-12H2,(H,25,29)(H,26,28). The van der Waals surface area contributed by atoms with Gasteiger partial charge in [-0.25, -0.2) is 10.3 Å². The minimum atomic E-state index is -4.48. The minimum absolute atomic E-state index is 0.0958. The van der Waals surface area contributed by atoms with E-state index in [0.29, 0.717) is 18.5 Å². The molecule has 1 aliphatic rings. The highest BCUT2D eigenvalue weighted by Crippen LogP contribution is 2.31. The number of amides is 3. The van der Waals surface area contributed by atoms with Crippen LogP contribution in [-0.4, -0.2) is 34.6 Å². The Labute approximate surface area is 171 Å². The molecule has 1 atom stereocenters. The summed E-state index contributed by atoms with van der Waals surface area (Å²) in [6.45, 7) is 0.514. The molecule has 1 fully saturated rings. The number of anilines is 1. The normalized spacial score (nSPS) is 16.8. The average molecular weight is 421 g/mol. The number of carbonyl (C=O) groups is 2. The van der Waals surface area contributed by atoms with Gasteiger partial charge >= 0.3 is 12.2 Å². The van der Waals surface area contributed by atoms with Crippen LogP contribution < -0.4 is 10.8 Å². The number of piperidine rings is 1. The predicted octanol–water partition coefficient (Wildman–Crippen LogP) is 4.45. The van der Waals surface area contributed by atoms with Crippen molar-refractivity contribution in [1.82, 2.24) is 10.4 Å². The van der Waals surface area contributed by atoms with Crippen LogP contribution in [0.5, 0.6) is 0 Å². The summed E-state index contributed by atoms with van der Waals surface area (Å²) in [4.78, 5) is 25.8. The lowest BCUT2D eigenvalue weighted by Gasteiger charge is -2.36. The summed E-state index contributed by atoms with van der Waals surface area (Å²) in [5, 5.41) is 11.3. The molecule has 30 heavy (non-hydrogen) atoms. The maximum absolute atomic E-state index is 12.9. The van der Waals surface area contributed by atoms with Crippen molar-refractivity contribution in [2.75, 3.05) is 11.9 Å². The fourth-order valence-electron chi connectivity index (χ4n) is 3.58. The predicted molar refractivity (Wildman–Crippen MR) is 104 cm³/mol. The third-order valence-corrected chi connectivity index (χ3v) is 5.12. The number of hydrogen-bond donors (Lipinski definition) is 3. The van der Waals surface area contributed by atoms with Crippen molar-refractivity contribution in [1.29, 1.82) is 0 Å². The summed E-state index contributed by atoms with van der Waals surface area (Å²) < 4.78 is 38.7. The van der Waals surface area contributed by atoms with Crippen molar-refractivity contribution >= 4 is 17.6 Å². The van der Waals surface area contributed by atoms with Gasteiger partial charge in [-0.15, -0.1) is 0 Å². The van der Waals surface area contributed by atoms with Gasteiger partial charge in [0.2, 0.25) is 0 Å². The molecule has 0 aromatic heterocycles. The Morgan fingerprint density at radius 3 is 2.50 bits per heavy atom. The summed E-state index contributed by atoms with van der Waals surface area (Å²) >= 11 is 0. The fraction of sp³-hybridized carbons (Fsp3) is 0.333. The first-order chi connectivity index (χ1) is 14.3. The van der Waals surface area contributed by atoms with Gasteiger partial charge in [-0.1, -0.05) is 18.2 Å². The SMILES string of the molecule is O=C(NO)c1ccc(CC2CCCCN2C(=O)Nc2cccc(C(F)(F)F)c2)cc1. The van der Waals surface area contributed by atoms with Gasteiger partial charge in [0.05, 0.1) is 5.56 Å². The Morgan fingerprint density at radius 2 is 1.83 bits per heavy atom. The number of urea groups is 1. The topological polar surface area (TPSA) is 81.7 Å². The lowest BCUT2D eigenvalue weighted by Crippen LogP contribution is -2.46. The number of halogens is 3. The highest BCUT2D eigenvalue weighted by Gasteiger charge is 2.31. The molecule has 3 amide bonds. The van der Waals surface area contributed by atoms with Crippen LogP contribution in [0.15, 0.2) is 48.5 Å². The lowest BCUT2D eigenvalue weighted by molar-refractivity contribution is -0.137. The first kappa shape index (κ1) is 21.6. The van der Waals surface area contributed by atoms with Crippen LogP contribution in [0.2, 0.25) is 0 Å². The van der Waals surface area contributed by atoms with Gasteiger partial charge in [-0.05, 0) is 61.6 Å². The van der Waals surface area contributed by atoms with Crippen LogP contribution in [0.3, 0.4) is 0 Å². The van der Waals surface area contributed by atoms with E-state index >= 15 is 0 Å². The molecule has 1 heterocycles. The van der Waals surface area contributed by atoms with E-state index in [0.717, 1.165) is 37.0 Å². The van der Waals surface area contributed by atoms with E-state index < -0.39 is 23.7 Å². The van der Waals surface area contributed by atoms with E-state index in [4.69, 9.17) is 5.21 Å². The number of nitrogens with zero attached hydrogens (tertiary/aromatic N) is 1. The largest absolute Gasteiger partial charge is 0.416 e. The van der Waals surface area contributed by atoms with Gasteiger partial charge in [0, 0.05) is 23.8 Å². The van der Waals surface area contributed by atoms with E-state index in [1.165, 1.54) is 12.1 Å². The molecule has 9 heteroatoms. The number of hydrogen-bond acceptors (Lipinski definition) is 3. The minimum Gasteiger partial charge on any atom is -0.321 e. The van der Waals surface area contributed by atoms with E-state index in [-0.39, 0.29) is 11.7 Å². The second-order valence-electron chi connectivity index (χ2n) is 7.19. The Kier molecular flexibility index (Phi) is 6.61. The number of carbonyl (C=O) groups excluding carboxylic acids is 2. The summed E-state index contributed by atoms with van der Waals surface area (Å²) in [6, 6.07) is 10.7. The van der Waals surface area contributed by atoms with Crippen LogP contribution in [-0.2, 0) is 12.6 Å². The van der Waals surface area contributed by atoms with Crippen LogP contribution in [0, 0.1) is 0 Å². The molecule has 3 N–H and O–H groups in total. The first-order valence-electron chi connectivity index (χ1n) is 9.56. The van der Waals surface area contributed by atoms with E-state index in [1.807, 2.05) is 0 Å². The number of rotatable bonds is 4. The molecule has 1 unspecified atom stereocenters. The summed E-state index contributed by atoms with van der Waals surface area (Å²) in [7, 11) is 0. The van der Waals surface area contributed by atoms with Crippen LogP contribution >= 0.6 is 0 Å². The third kappa shape index (κ3) is 5.29. The Balaban J connectivity index is 1.69. The van der Waals surface area contributed by atoms with Crippen LogP contribution in [0.25, 0.3) is 0 Å². The Morgan fingerprint density at radius 1 is 1.10 bits per heavy atom. The van der Waals surface area contributed by atoms with Crippen molar-refractivity contribution in [2.45, 2.75) is 37.9 Å². The quantitative estimate of drug-likeness (QED) is 0.504. The molecule has 6 nitrogen and oxygen atoms in total. The summed E-state index contributed by atoms with van der Waals surface area (Å²) in [6.07, 6.45) is -1.38. The maximum atomic E-state index is 12.9. The van der Waals surface area contributed by atoms with Gasteiger partial charge in [0.1, 0.15) is 0 Å². The number of alkyl halides is 3. The number of benzene rings is 2. The van der Waals surface area contributed by atoms with Crippen molar-refractivity contribution < 1.29 is 28.0 Å². The molecule has 0 aliphatic carbocycles. The van der Waals surface area contributed by atoms with Gasteiger partial charge in [0.25, 0.3) is 5.91 Å². The zero-order valence-electron chi connectivity index (χ0n) is 16.1. The van der Waals surface area contributed by atoms with E-state index in [1.54, 1.807) is 34.6 Å². The van der Waals surface area contributed by atoms with Gasteiger partial charge in [-0.2, -0.15) is 13.2 Å². The monoisotopic (exact) mass is 421 g/mol. The molecule has 0 radical (unpaired) electrons. The van der Waals surface area contributed by atoms with E-state index in [2.05, 4.69) is 5.32 Å². The van der Waals surface area contributed by atoms with Crippen molar-refractivity contribution in [3.05, 3.63) is 65.2 Å². The smallest absolute Gasteiger partial charge is 0.321 e. The highest BCUT2D eigenvalue weighted by atomic mass is 19.4. The average Bonchev–Trinajstić information content (AvgIpc) is 2.73. The van der Waals surface area contributed by atoms with Gasteiger partial charge < -0.3 is 10.2 Å². The zero-order chi connectivity index (χ0) is 21.7. The maximum Gasteiger partial charge on any atom is 0.416 e. The Hall–Kier alpha value is -3.07. The molecule has 0 spiro atoms. The molecule has 160 valence electrons. The fourth-order valence-corrected chi connectivity index (χ4v) is 3.58. The van der Waals surface area contributed by atoms with Gasteiger partial charge in [0.15, 0.2) is 0 Å². The zero-order valence-corrected chi connectivity index (χ0v) is 16.1. The number of nitrogens with one attached hydrogen (secondary N) is 2. The second-order valence-corrected chi connectivity index (χ2v) is 7.19. The summed E-state index contributed by atoms with van der Waals surface area (Å²) in [5.41, 5.74) is 2.07. The Bertz CT molecular complexity index is 900. The summed E-state index contributed by atoms with van der Waals surface area (Å²) in [5.74, 6) is -0.610. The van der Waals surface area contributed by atoms with Gasteiger partial charge in [-0.3, -0.25) is 10.0 Å². The third-order valence-electron chi connectivity index (χ3n) is 5.12. The number of likely N-dealkylation sites (tertiary alicyclic amines) is 1. The molecule has 0 saturated carbocycles. The molecule has 2 aromatic rings. The van der Waals surface area contributed by atoms with Crippen molar-refractivity contribution in [2.24, 2.45) is 0 Å². The van der Waals surface area contributed by atoms with Crippen LogP contribution in [0.4, 0.5) is 23.7 Å². The van der Waals surface area contributed by atoms with E-state index in [9.17, 15) is 22.8 Å². The molecule has 0 bridgehead atoms. The molecular formula is C21H22F3N3O3. The lowest BCUT2D eigenvalue weighted by atomic mass is 9.95. The molecule has 2 aromatic carbocycles. The molecular weight excluding hydrogens is 399 g/mol.